The Labute approximate surface area is 80.4 Å². The number of hydrogen-bond donors (Lipinski definition) is 1. The van der Waals surface area contributed by atoms with E-state index in [2.05, 4.69) is 16.0 Å². The van der Waals surface area contributed by atoms with Crippen LogP contribution in [0.2, 0.25) is 0 Å². The molecule has 1 N–H and O–H groups in total. The van der Waals surface area contributed by atoms with Crippen molar-refractivity contribution in [2.45, 2.75) is 0 Å². The van der Waals surface area contributed by atoms with Crippen LogP contribution in [0.25, 0.3) is 22.2 Å². The van der Waals surface area contributed by atoms with Gasteiger partial charge in [-0.05, 0) is 18.2 Å². The molecule has 14 heavy (non-hydrogen) atoms. The van der Waals surface area contributed by atoms with Gasteiger partial charge in [0.2, 0.25) is 0 Å². The third kappa shape index (κ3) is 1.03. The molecule has 3 aromatic rings. The number of hydrogen-bond acceptors (Lipinski definition) is 2. The van der Waals surface area contributed by atoms with Gasteiger partial charge in [0.15, 0.2) is 0 Å². The molecule has 0 spiro atoms. The number of fused-ring (bicyclic) bond motifs is 1. The maximum absolute atomic E-state index is 5.03. The van der Waals surface area contributed by atoms with Crippen molar-refractivity contribution >= 4 is 10.9 Å². The van der Waals surface area contributed by atoms with Gasteiger partial charge in [0.25, 0.3) is 0 Å². The summed E-state index contributed by atoms with van der Waals surface area (Å²) < 4.78 is 5.03. The van der Waals surface area contributed by atoms with Crippen LogP contribution in [0.5, 0.6) is 0 Å². The summed E-state index contributed by atoms with van der Waals surface area (Å²) in [6.45, 7) is 0. The van der Waals surface area contributed by atoms with Crippen LogP contribution in [0, 0.1) is 0 Å². The van der Waals surface area contributed by atoms with E-state index in [1.807, 2.05) is 18.3 Å². The Kier molecular flexibility index (Phi) is 1.44. The van der Waals surface area contributed by atoms with E-state index >= 15 is 0 Å². The molecule has 0 aliphatic rings. The summed E-state index contributed by atoms with van der Waals surface area (Å²) in [6, 6.07) is 6.00. The lowest BCUT2D eigenvalue weighted by molar-refractivity contribution is 0.568. The molecule has 3 heteroatoms. The molecule has 0 aliphatic heterocycles. The summed E-state index contributed by atoms with van der Waals surface area (Å²) in [4.78, 5) is 7.33. The summed E-state index contributed by atoms with van der Waals surface area (Å²) in [5.41, 5.74) is 3.16. The van der Waals surface area contributed by atoms with Crippen molar-refractivity contribution in [3.8, 4) is 11.3 Å². The standard InChI is InChI=1S/C11H8N2O/c1-3-12-6-11-8(1)5-10(13-11)9-2-4-14-7-9/h1-7,13H. The first-order valence-corrected chi connectivity index (χ1v) is 4.39. The zero-order valence-corrected chi connectivity index (χ0v) is 7.40. The van der Waals surface area contributed by atoms with Crippen molar-refractivity contribution < 1.29 is 4.42 Å². The molecule has 68 valence electrons. The van der Waals surface area contributed by atoms with E-state index in [-0.39, 0.29) is 0 Å². The Balaban J connectivity index is 2.24. The Morgan fingerprint density at radius 3 is 3.07 bits per heavy atom. The highest BCUT2D eigenvalue weighted by atomic mass is 16.3. The third-order valence-corrected chi connectivity index (χ3v) is 2.26. The number of furan rings is 1. The van der Waals surface area contributed by atoms with Crippen molar-refractivity contribution in [3.63, 3.8) is 0 Å². The predicted molar refractivity (Wildman–Crippen MR) is 53.8 cm³/mol. The van der Waals surface area contributed by atoms with Gasteiger partial charge in [0.1, 0.15) is 0 Å². The van der Waals surface area contributed by atoms with Crippen LogP contribution in [0.15, 0.2) is 47.5 Å². The first-order valence-electron chi connectivity index (χ1n) is 4.39. The second kappa shape index (κ2) is 2.73. The van der Waals surface area contributed by atoms with Crippen molar-refractivity contribution in [2.75, 3.05) is 0 Å². The van der Waals surface area contributed by atoms with E-state index in [0.717, 1.165) is 22.2 Å². The van der Waals surface area contributed by atoms with Gasteiger partial charge in [-0.25, -0.2) is 0 Å². The summed E-state index contributed by atoms with van der Waals surface area (Å²) in [5, 5.41) is 1.16. The molecule has 0 saturated carbocycles. The average Bonchev–Trinajstić information content (AvgIpc) is 2.86. The predicted octanol–water partition coefficient (Wildman–Crippen LogP) is 2.82. The van der Waals surface area contributed by atoms with E-state index in [4.69, 9.17) is 4.42 Å². The first kappa shape index (κ1) is 7.38. The molecule has 3 nitrogen and oxygen atoms in total. The summed E-state index contributed by atoms with van der Waals surface area (Å²) >= 11 is 0. The Bertz CT molecular complexity index is 518. The number of rotatable bonds is 1. The quantitative estimate of drug-likeness (QED) is 0.631. The van der Waals surface area contributed by atoms with Gasteiger partial charge in [-0.3, -0.25) is 4.98 Å². The minimum atomic E-state index is 1.05. The van der Waals surface area contributed by atoms with E-state index < -0.39 is 0 Å². The third-order valence-electron chi connectivity index (χ3n) is 2.26. The Hall–Kier alpha value is -2.03. The van der Waals surface area contributed by atoms with Crippen LogP contribution in [-0.4, -0.2) is 9.97 Å². The number of aromatic amines is 1. The lowest BCUT2D eigenvalue weighted by Crippen LogP contribution is -1.71. The van der Waals surface area contributed by atoms with E-state index in [1.165, 1.54) is 0 Å². The molecule has 0 bridgehead atoms. The van der Waals surface area contributed by atoms with Gasteiger partial charge in [-0.1, -0.05) is 0 Å². The fourth-order valence-corrected chi connectivity index (χ4v) is 1.55. The van der Waals surface area contributed by atoms with Gasteiger partial charge >= 0.3 is 0 Å². The summed E-state index contributed by atoms with van der Waals surface area (Å²) in [7, 11) is 0. The van der Waals surface area contributed by atoms with E-state index in [9.17, 15) is 0 Å². The maximum Gasteiger partial charge on any atom is 0.0995 e. The molecule has 0 unspecified atom stereocenters. The van der Waals surface area contributed by atoms with Crippen LogP contribution < -0.4 is 0 Å². The van der Waals surface area contributed by atoms with Gasteiger partial charge in [-0.2, -0.15) is 0 Å². The minimum Gasteiger partial charge on any atom is -0.472 e. The second-order valence-electron chi connectivity index (χ2n) is 3.16. The van der Waals surface area contributed by atoms with Gasteiger partial charge in [-0.15, -0.1) is 0 Å². The fraction of sp³-hybridized carbons (Fsp3) is 0. The number of H-pyrrole nitrogens is 1. The highest BCUT2D eigenvalue weighted by Crippen LogP contribution is 2.23. The van der Waals surface area contributed by atoms with Crippen LogP contribution in [0.4, 0.5) is 0 Å². The molecule has 3 heterocycles. The van der Waals surface area contributed by atoms with Crippen LogP contribution in [-0.2, 0) is 0 Å². The Morgan fingerprint density at radius 1 is 1.29 bits per heavy atom. The molecule has 0 saturated heterocycles. The van der Waals surface area contributed by atoms with E-state index in [1.54, 1.807) is 18.7 Å². The van der Waals surface area contributed by atoms with Crippen LogP contribution in [0.1, 0.15) is 0 Å². The smallest absolute Gasteiger partial charge is 0.0995 e. The zero-order valence-electron chi connectivity index (χ0n) is 7.40. The molecule has 0 radical (unpaired) electrons. The molecule has 0 atom stereocenters. The SMILES string of the molecule is c1cc2cc(-c3ccoc3)[nH]c2cn1. The largest absolute Gasteiger partial charge is 0.472 e. The highest BCUT2D eigenvalue weighted by molar-refractivity contribution is 5.84. The molecule has 0 aliphatic carbocycles. The highest BCUT2D eigenvalue weighted by Gasteiger charge is 2.03. The van der Waals surface area contributed by atoms with Crippen LogP contribution in [0.3, 0.4) is 0 Å². The topological polar surface area (TPSA) is 41.8 Å². The van der Waals surface area contributed by atoms with Crippen molar-refractivity contribution in [1.29, 1.82) is 0 Å². The van der Waals surface area contributed by atoms with Crippen molar-refractivity contribution in [2.24, 2.45) is 0 Å². The molecule has 0 amide bonds. The van der Waals surface area contributed by atoms with Crippen molar-refractivity contribution in [3.05, 3.63) is 43.1 Å². The Morgan fingerprint density at radius 2 is 2.29 bits per heavy atom. The second-order valence-corrected chi connectivity index (χ2v) is 3.16. The summed E-state index contributed by atoms with van der Waals surface area (Å²) in [6.07, 6.45) is 6.99. The van der Waals surface area contributed by atoms with E-state index in [0.29, 0.717) is 0 Å². The molecule has 3 rings (SSSR count). The zero-order chi connectivity index (χ0) is 9.38. The summed E-state index contributed by atoms with van der Waals surface area (Å²) in [5.74, 6) is 0. The van der Waals surface area contributed by atoms with Gasteiger partial charge < -0.3 is 9.40 Å². The number of nitrogens with zero attached hydrogens (tertiary/aromatic N) is 1. The minimum absolute atomic E-state index is 1.05. The molecular weight excluding hydrogens is 176 g/mol. The molecule has 0 aromatic carbocycles. The first-order chi connectivity index (χ1) is 6.93. The maximum atomic E-state index is 5.03. The van der Waals surface area contributed by atoms with Gasteiger partial charge in [0.05, 0.1) is 24.2 Å². The number of pyridine rings is 1. The number of aromatic nitrogens is 2. The molecule has 3 aromatic heterocycles. The lowest BCUT2D eigenvalue weighted by Gasteiger charge is -1.87. The molecular formula is C11H8N2O. The molecule has 0 fully saturated rings. The number of nitrogens with one attached hydrogen (secondary N) is 1. The van der Waals surface area contributed by atoms with Crippen molar-refractivity contribution in [1.82, 2.24) is 9.97 Å². The fourth-order valence-electron chi connectivity index (χ4n) is 1.55. The van der Waals surface area contributed by atoms with Crippen LogP contribution >= 0.6 is 0 Å². The lowest BCUT2D eigenvalue weighted by atomic mass is 10.2. The van der Waals surface area contributed by atoms with Gasteiger partial charge in [0, 0.05) is 22.8 Å². The average molecular weight is 184 g/mol. The normalized spacial score (nSPS) is 10.9. The monoisotopic (exact) mass is 184 g/mol.